The number of rotatable bonds is 9. The lowest BCUT2D eigenvalue weighted by Crippen LogP contribution is -2.38. The van der Waals surface area contributed by atoms with Crippen LogP contribution in [0.1, 0.15) is 29.7 Å². The molecule has 0 saturated carbocycles. The van der Waals surface area contributed by atoms with E-state index in [-0.39, 0.29) is 11.6 Å². The Hall–Kier alpha value is -3.86. The first-order valence-corrected chi connectivity index (χ1v) is 10.6. The molecule has 3 rings (SSSR count). The van der Waals surface area contributed by atoms with Gasteiger partial charge in [-0.15, -0.1) is 0 Å². The Labute approximate surface area is 187 Å². The lowest BCUT2D eigenvalue weighted by molar-refractivity contribution is 0.627. The van der Waals surface area contributed by atoms with Crippen molar-refractivity contribution in [3.05, 3.63) is 77.2 Å². The molecule has 4 N–H and O–H groups in total. The summed E-state index contributed by atoms with van der Waals surface area (Å²) in [6.45, 7) is 1.50. The van der Waals surface area contributed by atoms with E-state index in [1.807, 2.05) is 6.07 Å². The SMILES string of the molecule is CN=C(NCCCc1ccccc1)NCCCc1nn(-c2ccc(F)cc2)c(N)c1C#N. The summed E-state index contributed by atoms with van der Waals surface area (Å²) in [7, 11) is 1.74. The Morgan fingerprint density at radius 3 is 2.34 bits per heavy atom. The van der Waals surface area contributed by atoms with E-state index in [4.69, 9.17) is 5.73 Å². The van der Waals surface area contributed by atoms with Gasteiger partial charge in [-0.05, 0) is 55.5 Å². The number of nitrogen functional groups attached to an aromatic ring is 1. The van der Waals surface area contributed by atoms with Crippen LogP contribution in [0.2, 0.25) is 0 Å². The molecule has 0 bridgehead atoms. The number of halogens is 1. The molecule has 7 nitrogen and oxygen atoms in total. The number of guanidine groups is 1. The van der Waals surface area contributed by atoms with Gasteiger partial charge in [0.05, 0.1) is 11.4 Å². The summed E-state index contributed by atoms with van der Waals surface area (Å²) in [6.07, 6.45) is 3.36. The van der Waals surface area contributed by atoms with Crippen molar-refractivity contribution < 1.29 is 4.39 Å². The molecule has 0 unspecified atom stereocenters. The normalized spacial score (nSPS) is 11.2. The summed E-state index contributed by atoms with van der Waals surface area (Å²) in [5.74, 6) is 0.668. The minimum Gasteiger partial charge on any atom is -0.382 e. The average Bonchev–Trinajstić information content (AvgIpc) is 3.14. The molecule has 1 heterocycles. The standard InChI is InChI=1S/C24H28FN7/c1-28-24(29-15-5-9-18-7-3-2-4-8-18)30-16-6-10-22-21(17-26)23(27)32(31-22)20-13-11-19(25)12-14-20/h2-4,7-8,11-14H,5-6,9-10,15-16,27H2,1H3,(H2,28,29,30). The van der Waals surface area contributed by atoms with Crippen molar-refractivity contribution in [2.45, 2.75) is 25.7 Å². The molecule has 0 aliphatic rings. The first kappa shape index (κ1) is 22.8. The highest BCUT2D eigenvalue weighted by Crippen LogP contribution is 2.21. The first-order valence-electron chi connectivity index (χ1n) is 10.6. The number of hydrogen-bond acceptors (Lipinski definition) is 4. The zero-order chi connectivity index (χ0) is 22.8. The summed E-state index contributed by atoms with van der Waals surface area (Å²) in [4.78, 5) is 4.25. The number of nitrogens with one attached hydrogen (secondary N) is 2. The molecule has 3 aromatic rings. The topological polar surface area (TPSA) is 104 Å². The molecule has 0 radical (unpaired) electrons. The number of nitrogens with two attached hydrogens (primary N) is 1. The molecule has 1 aromatic heterocycles. The quantitative estimate of drug-likeness (QED) is 0.273. The molecule has 0 saturated heterocycles. The van der Waals surface area contributed by atoms with Gasteiger partial charge in [0, 0.05) is 20.1 Å². The largest absolute Gasteiger partial charge is 0.382 e. The molecule has 0 fully saturated rings. The fourth-order valence-electron chi connectivity index (χ4n) is 3.38. The van der Waals surface area contributed by atoms with Crippen molar-refractivity contribution in [3.8, 4) is 11.8 Å². The molecule has 166 valence electrons. The number of anilines is 1. The van der Waals surface area contributed by atoms with Gasteiger partial charge in [-0.25, -0.2) is 9.07 Å². The summed E-state index contributed by atoms with van der Waals surface area (Å²) in [5.41, 5.74) is 9.03. The summed E-state index contributed by atoms with van der Waals surface area (Å²) in [5, 5.41) is 20.6. The van der Waals surface area contributed by atoms with Crippen molar-refractivity contribution in [2.75, 3.05) is 25.9 Å². The lowest BCUT2D eigenvalue weighted by Gasteiger charge is -2.11. The van der Waals surface area contributed by atoms with E-state index < -0.39 is 0 Å². The Kier molecular flexibility index (Phi) is 8.21. The van der Waals surface area contributed by atoms with Gasteiger partial charge in [0.1, 0.15) is 23.3 Å². The van der Waals surface area contributed by atoms with Gasteiger partial charge >= 0.3 is 0 Å². The van der Waals surface area contributed by atoms with Gasteiger partial charge < -0.3 is 16.4 Å². The highest BCUT2D eigenvalue weighted by atomic mass is 19.1. The molecule has 0 atom stereocenters. The predicted molar refractivity (Wildman–Crippen MR) is 125 cm³/mol. The van der Waals surface area contributed by atoms with Gasteiger partial charge in [0.2, 0.25) is 0 Å². The summed E-state index contributed by atoms with van der Waals surface area (Å²) >= 11 is 0. The zero-order valence-electron chi connectivity index (χ0n) is 18.2. The van der Waals surface area contributed by atoms with Gasteiger partial charge in [-0.2, -0.15) is 10.4 Å². The molecular formula is C24H28FN7. The van der Waals surface area contributed by atoms with Crippen LogP contribution < -0.4 is 16.4 Å². The average molecular weight is 434 g/mol. The summed E-state index contributed by atoms with van der Waals surface area (Å²) in [6, 6.07) is 18.4. The molecule has 32 heavy (non-hydrogen) atoms. The smallest absolute Gasteiger partial charge is 0.190 e. The van der Waals surface area contributed by atoms with E-state index in [1.54, 1.807) is 19.2 Å². The van der Waals surface area contributed by atoms with E-state index in [0.717, 1.165) is 31.8 Å². The number of aliphatic imine (C=N–C) groups is 1. The number of aryl methyl sites for hydroxylation is 2. The molecular weight excluding hydrogens is 405 g/mol. The second-order valence-corrected chi connectivity index (χ2v) is 7.33. The van der Waals surface area contributed by atoms with E-state index in [2.05, 4.69) is 51.1 Å². The predicted octanol–water partition coefficient (Wildman–Crippen LogP) is 3.20. The van der Waals surface area contributed by atoms with Gasteiger partial charge in [0.25, 0.3) is 0 Å². The third-order valence-corrected chi connectivity index (χ3v) is 5.06. The van der Waals surface area contributed by atoms with Crippen molar-refractivity contribution in [3.63, 3.8) is 0 Å². The number of aromatic nitrogens is 2. The molecule has 0 amide bonds. The maximum absolute atomic E-state index is 13.2. The van der Waals surface area contributed by atoms with Crippen LogP contribution in [0, 0.1) is 17.1 Å². The summed E-state index contributed by atoms with van der Waals surface area (Å²) < 4.78 is 14.7. The van der Waals surface area contributed by atoms with E-state index in [9.17, 15) is 9.65 Å². The highest BCUT2D eigenvalue weighted by Gasteiger charge is 2.16. The Morgan fingerprint density at radius 2 is 1.72 bits per heavy atom. The second-order valence-electron chi connectivity index (χ2n) is 7.33. The molecule has 0 aliphatic carbocycles. The van der Waals surface area contributed by atoms with Crippen molar-refractivity contribution in [1.29, 1.82) is 5.26 Å². The van der Waals surface area contributed by atoms with E-state index in [0.29, 0.717) is 29.9 Å². The maximum atomic E-state index is 13.2. The Morgan fingerprint density at radius 1 is 1.06 bits per heavy atom. The fraction of sp³-hybridized carbons (Fsp3) is 0.292. The van der Waals surface area contributed by atoms with Crippen LogP contribution in [0.25, 0.3) is 5.69 Å². The van der Waals surface area contributed by atoms with Crippen LogP contribution in [0.5, 0.6) is 0 Å². The molecule has 8 heteroatoms. The van der Waals surface area contributed by atoms with Crippen molar-refractivity contribution in [2.24, 2.45) is 4.99 Å². The minimum atomic E-state index is -0.339. The minimum absolute atomic E-state index is 0.262. The van der Waals surface area contributed by atoms with E-state index in [1.165, 1.54) is 22.4 Å². The van der Waals surface area contributed by atoms with E-state index >= 15 is 0 Å². The first-order chi connectivity index (χ1) is 15.6. The zero-order valence-corrected chi connectivity index (χ0v) is 18.2. The van der Waals surface area contributed by atoms with Crippen LogP contribution in [0.3, 0.4) is 0 Å². The number of nitrogens with zero attached hydrogens (tertiary/aromatic N) is 4. The van der Waals surface area contributed by atoms with Crippen LogP contribution in [0.4, 0.5) is 10.2 Å². The van der Waals surface area contributed by atoms with Gasteiger partial charge in [-0.1, -0.05) is 30.3 Å². The lowest BCUT2D eigenvalue weighted by atomic mass is 10.1. The Balaban J connectivity index is 1.46. The third-order valence-electron chi connectivity index (χ3n) is 5.06. The fourth-order valence-corrected chi connectivity index (χ4v) is 3.38. The van der Waals surface area contributed by atoms with Crippen LogP contribution >= 0.6 is 0 Å². The Bertz CT molecular complexity index is 1070. The molecule has 0 aliphatic heterocycles. The number of hydrogen-bond donors (Lipinski definition) is 3. The number of benzene rings is 2. The highest BCUT2D eigenvalue weighted by molar-refractivity contribution is 5.79. The van der Waals surface area contributed by atoms with Crippen molar-refractivity contribution in [1.82, 2.24) is 20.4 Å². The number of nitriles is 1. The molecule has 2 aromatic carbocycles. The van der Waals surface area contributed by atoms with Gasteiger partial charge in [0.15, 0.2) is 5.96 Å². The van der Waals surface area contributed by atoms with Crippen LogP contribution in [-0.2, 0) is 12.8 Å². The third kappa shape index (κ3) is 6.08. The molecule has 0 spiro atoms. The van der Waals surface area contributed by atoms with Gasteiger partial charge in [-0.3, -0.25) is 4.99 Å². The van der Waals surface area contributed by atoms with Crippen molar-refractivity contribution >= 4 is 11.8 Å². The maximum Gasteiger partial charge on any atom is 0.190 e. The monoisotopic (exact) mass is 433 g/mol. The van der Waals surface area contributed by atoms with Crippen LogP contribution in [-0.4, -0.2) is 35.9 Å². The second kappa shape index (κ2) is 11.5. The van der Waals surface area contributed by atoms with Crippen LogP contribution in [0.15, 0.2) is 59.6 Å².